The Hall–Kier alpha value is -3.29. The van der Waals surface area contributed by atoms with Crippen molar-refractivity contribution in [3.63, 3.8) is 0 Å². The fourth-order valence-electron chi connectivity index (χ4n) is 3.19. The Kier molecular flexibility index (Phi) is 5.39. The van der Waals surface area contributed by atoms with Crippen LogP contribution in [0.15, 0.2) is 27.8 Å². The van der Waals surface area contributed by atoms with E-state index in [1.807, 2.05) is 13.8 Å². The molecule has 1 aromatic carbocycles. The lowest BCUT2D eigenvalue weighted by Gasteiger charge is -2.10. The first-order valence-corrected chi connectivity index (χ1v) is 9.29. The number of hydrogen-bond donors (Lipinski definition) is 2. The number of imidazole rings is 1. The van der Waals surface area contributed by atoms with Crippen LogP contribution >= 0.6 is 0 Å². The van der Waals surface area contributed by atoms with Gasteiger partial charge in [0.05, 0.1) is 0 Å². The van der Waals surface area contributed by atoms with E-state index >= 15 is 0 Å². The van der Waals surface area contributed by atoms with Crippen molar-refractivity contribution in [3.05, 3.63) is 50.4 Å². The lowest BCUT2D eigenvalue weighted by atomic mass is 10.2. The van der Waals surface area contributed by atoms with Gasteiger partial charge in [-0.3, -0.25) is 13.9 Å². The van der Waals surface area contributed by atoms with E-state index in [2.05, 4.69) is 4.98 Å². The molecule has 0 bridgehead atoms. The van der Waals surface area contributed by atoms with Gasteiger partial charge in [-0.15, -0.1) is 0 Å². The van der Waals surface area contributed by atoms with Crippen molar-refractivity contribution in [1.82, 2.24) is 18.7 Å². The summed E-state index contributed by atoms with van der Waals surface area (Å²) in [5.74, 6) is 0.101. The Morgan fingerprint density at radius 3 is 2.32 bits per heavy atom. The summed E-state index contributed by atoms with van der Waals surface area (Å²) in [5.41, 5.74) is 0.746. The molecule has 0 fully saturated rings. The number of benzene rings is 1. The van der Waals surface area contributed by atoms with Gasteiger partial charge in [0.15, 0.2) is 22.7 Å². The third kappa shape index (κ3) is 3.33. The minimum Gasteiger partial charge on any atom is -0.504 e. The van der Waals surface area contributed by atoms with E-state index in [4.69, 9.17) is 0 Å². The van der Waals surface area contributed by atoms with Gasteiger partial charge in [-0.1, -0.05) is 26.0 Å². The van der Waals surface area contributed by atoms with Crippen molar-refractivity contribution < 1.29 is 10.2 Å². The molecule has 148 valence electrons. The quantitative estimate of drug-likeness (QED) is 0.635. The number of phenolic OH excluding ortho intramolecular Hbond substituents is 2. The summed E-state index contributed by atoms with van der Waals surface area (Å²) >= 11 is 0. The van der Waals surface area contributed by atoms with Crippen LogP contribution in [0, 0.1) is 0 Å². The highest BCUT2D eigenvalue weighted by Crippen LogP contribution is 2.25. The fraction of sp³-hybridized carbons (Fsp3) is 0.350. The molecule has 8 nitrogen and oxygen atoms in total. The summed E-state index contributed by atoms with van der Waals surface area (Å²) in [4.78, 5) is 30.2. The van der Waals surface area contributed by atoms with Crippen molar-refractivity contribution in [3.8, 4) is 11.5 Å². The van der Waals surface area contributed by atoms with E-state index in [0.29, 0.717) is 42.1 Å². The zero-order chi connectivity index (χ0) is 20.4. The predicted molar refractivity (Wildman–Crippen MR) is 109 cm³/mol. The van der Waals surface area contributed by atoms with Crippen molar-refractivity contribution in [2.24, 2.45) is 7.05 Å². The second kappa shape index (κ2) is 7.75. The number of aromatic hydroxyl groups is 2. The lowest BCUT2D eigenvalue weighted by Crippen LogP contribution is -2.40. The van der Waals surface area contributed by atoms with Crippen LogP contribution in [-0.4, -0.2) is 28.9 Å². The molecular weight excluding hydrogens is 360 g/mol. The van der Waals surface area contributed by atoms with Crippen molar-refractivity contribution in [2.75, 3.05) is 0 Å². The topological polar surface area (TPSA) is 102 Å². The zero-order valence-electron chi connectivity index (χ0n) is 16.2. The van der Waals surface area contributed by atoms with Gasteiger partial charge in [-0.25, -0.2) is 9.78 Å². The summed E-state index contributed by atoms with van der Waals surface area (Å²) in [7, 11) is 1.74. The van der Waals surface area contributed by atoms with E-state index in [-0.39, 0.29) is 22.7 Å². The number of fused-ring (bicyclic) bond motifs is 1. The molecule has 0 atom stereocenters. The Balaban J connectivity index is 2.18. The maximum absolute atomic E-state index is 12.9. The summed E-state index contributed by atoms with van der Waals surface area (Å²) in [6.07, 6.45) is 4.85. The van der Waals surface area contributed by atoms with Crippen LogP contribution in [0.5, 0.6) is 11.5 Å². The first-order valence-electron chi connectivity index (χ1n) is 9.29. The Labute approximate surface area is 161 Å². The van der Waals surface area contributed by atoms with Crippen LogP contribution in [0.1, 0.15) is 38.1 Å². The van der Waals surface area contributed by atoms with Gasteiger partial charge in [0.1, 0.15) is 5.82 Å². The number of hydrogen-bond acceptors (Lipinski definition) is 5. The molecule has 2 N–H and O–H groups in total. The van der Waals surface area contributed by atoms with Gasteiger partial charge >= 0.3 is 5.69 Å². The highest BCUT2D eigenvalue weighted by molar-refractivity contribution is 5.77. The highest BCUT2D eigenvalue weighted by atomic mass is 16.3. The molecule has 2 heterocycles. The SMILES string of the molecule is CCCn1c(=O)c2c(nc(C=Cc3ccc(O)c(O)c3)n2C)n(CCC)c1=O. The van der Waals surface area contributed by atoms with Crippen molar-refractivity contribution in [2.45, 2.75) is 39.8 Å². The molecule has 0 aliphatic rings. The van der Waals surface area contributed by atoms with Gasteiger partial charge in [0.2, 0.25) is 0 Å². The largest absolute Gasteiger partial charge is 0.504 e. The number of aromatic nitrogens is 4. The molecule has 8 heteroatoms. The smallest absolute Gasteiger partial charge is 0.332 e. The van der Waals surface area contributed by atoms with Gasteiger partial charge < -0.3 is 14.8 Å². The average molecular weight is 384 g/mol. The molecular formula is C20H24N4O4. The predicted octanol–water partition coefficient (Wildman–Crippen LogP) is 2.30. The van der Waals surface area contributed by atoms with Crippen LogP contribution in [-0.2, 0) is 20.1 Å². The van der Waals surface area contributed by atoms with E-state index in [0.717, 1.165) is 6.42 Å². The Morgan fingerprint density at radius 1 is 1.00 bits per heavy atom. The van der Waals surface area contributed by atoms with E-state index in [1.165, 1.54) is 16.7 Å². The molecule has 3 aromatic rings. The van der Waals surface area contributed by atoms with Crippen LogP contribution < -0.4 is 11.2 Å². The van der Waals surface area contributed by atoms with E-state index in [9.17, 15) is 19.8 Å². The number of phenols is 2. The molecule has 0 aliphatic heterocycles. The second-order valence-electron chi connectivity index (χ2n) is 6.67. The molecule has 0 unspecified atom stereocenters. The molecule has 0 radical (unpaired) electrons. The average Bonchev–Trinajstić information content (AvgIpc) is 2.99. The van der Waals surface area contributed by atoms with Gasteiger partial charge in [-0.05, 0) is 36.6 Å². The number of aryl methyl sites for hydroxylation is 2. The number of nitrogens with zero attached hydrogens (tertiary/aromatic N) is 4. The van der Waals surface area contributed by atoms with Gasteiger partial charge in [0.25, 0.3) is 5.56 Å². The first-order chi connectivity index (χ1) is 13.4. The Morgan fingerprint density at radius 2 is 1.68 bits per heavy atom. The van der Waals surface area contributed by atoms with Crippen molar-refractivity contribution in [1.29, 1.82) is 0 Å². The summed E-state index contributed by atoms with van der Waals surface area (Å²) in [5, 5.41) is 19.0. The van der Waals surface area contributed by atoms with E-state index < -0.39 is 0 Å². The second-order valence-corrected chi connectivity index (χ2v) is 6.67. The van der Waals surface area contributed by atoms with Crippen molar-refractivity contribution >= 4 is 23.3 Å². The molecule has 0 spiro atoms. The summed E-state index contributed by atoms with van der Waals surface area (Å²) in [6, 6.07) is 4.47. The standard InChI is InChI=1S/C20H24N4O4/c1-4-10-23-18-17(19(27)24(11-5-2)20(23)28)22(3)16(21-18)9-7-13-6-8-14(25)15(26)12-13/h6-9,12,25-26H,4-5,10-11H2,1-3H3. The number of rotatable bonds is 6. The molecule has 0 saturated carbocycles. The third-order valence-electron chi connectivity index (χ3n) is 4.60. The van der Waals surface area contributed by atoms with Gasteiger partial charge in [-0.2, -0.15) is 0 Å². The monoisotopic (exact) mass is 384 g/mol. The molecule has 0 amide bonds. The van der Waals surface area contributed by atoms with Crippen LogP contribution in [0.3, 0.4) is 0 Å². The maximum atomic E-state index is 12.9. The highest BCUT2D eigenvalue weighted by Gasteiger charge is 2.18. The molecule has 28 heavy (non-hydrogen) atoms. The van der Waals surface area contributed by atoms with Gasteiger partial charge in [0, 0.05) is 20.1 Å². The van der Waals surface area contributed by atoms with Crippen LogP contribution in [0.25, 0.3) is 23.3 Å². The summed E-state index contributed by atoms with van der Waals surface area (Å²) < 4.78 is 4.49. The van der Waals surface area contributed by atoms with Crippen LogP contribution in [0.2, 0.25) is 0 Å². The first kappa shape index (κ1) is 19.5. The third-order valence-corrected chi connectivity index (χ3v) is 4.60. The Bertz CT molecular complexity index is 1170. The molecule has 0 saturated heterocycles. The minimum atomic E-state index is -0.342. The summed E-state index contributed by atoms with van der Waals surface area (Å²) in [6.45, 7) is 4.73. The minimum absolute atomic E-state index is 0.195. The lowest BCUT2D eigenvalue weighted by molar-refractivity contribution is 0.403. The fourth-order valence-corrected chi connectivity index (χ4v) is 3.19. The zero-order valence-corrected chi connectivity index (χ0v) is 16.2. The maximum Gasteiger partial charge on any atom is 0.332 e. The normalized spacial score (nSPS) is 11.7. The molecule has 2 aromatic heterocycles. The molecule has 3 rings (SSSR count). The van der Waals surface area contributed by atoms with E-state index in [1.54, 1.807) is 34.4 Å². The van der Waals surface area contributed by atoms with Crippen LogP contribution in [0.4, 0.5) is 0 Å². The molecule has 0 aliphatic carbocycles.